The Hall–Kier alpha value is -2.60. The van der Waals surface area contributed by atoms with Crippen molar-refractivity contribution in [3.05, 3.63) is 59.0 Å². The molecule has 0 bridgehead atoms. The summed E-state index contributed by atoms with van der Waals surface area (Å²) >= 11 is 5.82. The molecule has 3 rings (SSSR count). The summed E-state index contributed by atoms with van der Waals surface area (Å²) < 4.78 is 12.1. The van der Waals surface area contributed by atoms with Gasteiger partial charge >= 0.3 is 5.97 Å². The van der Waals surface area contributed by atoms with Crippen molar-refractivity contribution in [3.63, 3.8) is 0 Å². The first-order valence-corrected chi connectivity index (χ1v) is 6.86. The molecule has 0 fully saturated rings. The lowest BCUT2D eigenvalue weighted by Gasteiger charge is -2.05. The Kier molecular flexibility index (Phi) is 3.93. The number of carbonyl (C=O) groups is 1. The zero-order chi connectivity index (χ0) is 15.5. The van der Waals surface area contributed by atoms with E-state index in [-0.39, 0.29) is 6.61 Å². The number of rotatable bonds is 4. The van der Waals surface area contributed by atoms with E-state index in [2.05, 4.69) is 10.2 Å². The predicted octanol–water partition coefficient (Wildman–Crippen LogP) is 2.75. The van der Waals surface area contributed by atoms with Gasteiger partial charge in [0.05, 0.1) is 7.11 Å². The number of fused-ring (bicyclic) bond motifs is 1. The van der Waals surface area contributed by atoms with Crippen molar-refractivity contribution in [3.8, 4) is 5.75 Å². The fraction of sp³-hybridized carbons (Fsp3) is 0.133. The standard InChI is InChI=1S/C15H12ClN3O3/c1-21-15(20)12-3-2-8-19-13(17-18-14(12)19)9-22-11-6-4-10(16)5-7-11/h2-8H,9H2,1H3. The number of esters is 1. The molecule has 6 nitrogen and oxygen atoms in total. The average Bonchev–Trinajstić information content (AvgIpc) is 2.97. The highest BCUT2D eigenvalue weighted by Crippen LogP contribution is 2.17. The fourth-order valence-electron chi connectivity index (χ4n) is 2.01. The van der Waals surface area contributed by atoms with Crippen molar-refractivity contribution < 1.29 is 14.3 Å². The van der Waals surface area contributed by atoms with Crippen LogP contribution in [0.15, 0.2) is 42.6 Å². The monoisotopic (exact) mass is 317 g/mol. The van der Waals surface area contributed by atoms with E-state index < -0.39 is 5.97 Å². The van der Waals surface area contributed by atoms with E-state index in [1.54, 1.807) is 47.0 Å². The number of methoxy groups -OCH3 is 1. The maximum absolute atomic E-state index is 11.7. The van der Waals surface area contributed by atoms with Gasteiger partial charge in [-0.25, -0.2) is 4.79 Å². The van der Waals surface area contributed by atoms with E-state index in [1.807, 2.05) is 0 Å². The minimum Gasteiger partial charge on any atom is -0.486 e. The maximum atomic E-state index is 11.7. The first kappa shape index (κ1) is 14.3. The van der Waals surface area contributed by atoms with Crippen molar-refractivity contribution in [1.29, 1.82) is 0 Å². The molecule has 0 aliphatic carbocycles. The summed E-state index contributed by atoms with van der Waals surface area (Å²) in [5.41, 5.74) is 0.791. The molecule has 0 unspecified atom stereocenters. The molecule has 2 heterocycles. The van der Waals surface area contributed by atoms with Crippen LogP contribution in [-0.4, -0.2) is 27.7 Å². The normalized spacial score (nSPS) is 10.6. The van der Waals surface area contributed by atoms with Crippen LogP contribution in [0.3, 0.4) is 0 Å². The Labute approximate surface area is 131 Å². The van der Waals surface area contributed by atoms with E-state index in [1.165, 1.54) is 7.11 Å². The van der Waals surface area contributed by atoms with Gasteiger partial charge in [0.15, 0.2) is 11.5 Å². The van der Waals surface area contributed by atoms with Crippen LogP contribution < -0.4 is 4.74 Å². The zero-order valence-electron chi connectivity index (χ0n) is 11.7. The Morgan fingerprint density at radius 3 is 2.73 bits per heavy atom. The zero-order valence-corrected chi connectivity index (χ0v) is 12.4. The Balaban J connectivity index is 1.86. The van der Waals surface area contributed by atoms with Crippen LogP contribution in [0.1, 0.15) is 16.2 Å². The van der Waals surface area contributed by atoms with Crippen molar-refractivity contribution in [2.75, 3.05) is 7.11 Å². The Bertz CT molecular complexity index is 815. The third-order valence-electron chi connectivity index (χ3n) is 3.09. The summed E-state index contributed by atoms with van der Waals surface area (Å²) in [6, 6.07) is 10.4. The van der Waals surface area contributed by atoms with Gasteiger partial charge in [-0.15, -0.1) is 10.2 Å². The number of pyridine rings is 1. The molecular weight excluding hydrogens is 306 g/mol. The summed E-state index contributed by atoms with van der Waals surface area (Å²) in [6.45, 7) is 0.216. The quantitative estimate of drug-likeness (QED) is 0.692. The van der Waals surface area contributed by atoms with Crippen LogP contribution >= 0.6 is 11.6 Å². The van der Waals surface area contributed by atoms with Crippen molar-refractivity contribution >= 4 is 23.2 Å². The van der Waals surface area contributed by atoms with E-state index in [0.29, 0.717) is 27.8 Å². The second-order valence-corrected chi connectivity index (χ2v) is 4.90. The van der Waals surface area contributed by atoms with Crippen molar-refractivity contribution in [2.24, 2.45) is 0 Å². The molecule has 0 radical (unpaired) electrons. The predicted molar refractivity (Wildman–Crippen MR) is 80.1 cm³/mol. The van der Waals surface area contributed by atoms with Gasteiger partial charge < -0.3 is 9.47 Å². The van der Waals surface area contributed by atoms with Crippen LogP contribution in [0.2, 0.25) is 5.02 Å². The second-order valence-electron chi connectivity index (χ2n) is 4.47. The lowest BCUT2D eigenvalue weighted by molar-refractivity contribution is 0.0602. The fourth-order valence-corrected chi connectivity index (χ4v) is 2.14. The SMILES string of the molecule is COC(=O)c1cccn2c(COc3ccc(Cl)cc3)nnc12. The average molecular weight is 318 g/mol. The third-order valence-corrected chi connectivity index (χ3v) is 3.34. The maximum Gasteiger partial charge on any atom is 0.341 e. The number of aromatic nitrogens is 3. The third kappa shape index (κ3) is 2.73. The molecule has 0 atom stereocenters. The van der Waals surface area contributed by atoms with E-state index in [9.17, 15) is 4.79 Å². The van der Waals surface area contributed by atoms with Crippen LogP contribution in [0.5, 0.6) is 5.75 Å². The first-order chi connectivity index (χ1) is 10.7. The molecular formula is C15H12ClN3O3. The molecule has 112 valence electrons. The number of ether oxygens (including phenoxy) is 2. The van der Waals surface area contributed by atoms with Crippen LogP contribution in [0.4, 0.5) is 0 Å². The van der Waals surface area contributed by atoms with E-state index >= 15 is 0 Å². The number of nitrogens with zero attached hydrogens (tertiary/aromatic N) is 3. The molecule has 0 amide bonds. The molecule has 0 N–H and O–H groups in total. The second kappa shape index (κ2) is 6.03. The summed E-state index contributed by atoms with van der Waals surface area (Å²) in [6.07, 6.45) is 1.77. The Morgan fingerprint density at radius 2 is 2.00 bits per heavy atom. The molecule has 0 aliphatic heterocycles. The Morgan fingerprint density at radius 1 is 1.23 bits per heavy atom. The number of hydrogen-bond acceptors (Lipinski definition) is 5. The van der Waals surface area contributed by atoms with Gasteiger partial charge in [-0.2, -0.15) is 0 Å². The molecule has 0 aliphatic rings. The number of benzene rings is 1. The van der Waals surface area contributed by atoms with Crippen LogP contribution in [-0.2, 0) is 11.3 Å². The van der Waals surface area contributed by atoms with Crippen LogP contribution in [0, 0.1) is 0 Å². The highest BCUT2D eigenvalue weighted by Gasteiger charge is 2.15. The van der Waals surface area contributed by atoms with Gasteiger partial charge in [0.1, 0.15) is 17.9 Å². The number of carbonyl (C=O) groups excluding carboxylic acids is 1. The van der Waals surface area contributed by atoms with Gasteiger partial charge in [-0.1, -0.05) is 11.6 Å². The van der Waals surface area contributed by atoms with Gasteiger partial charge in [0, 0.05) is 11.2 Å². The number of halogens is 1. The van der Waals surface area contributed by atoms with Crippen LogP contribution in [0.25, 0.3) is 5.65 Å². The lowest BCUT2D eigenvalue weighted by Crippen LogP contribution is -2.06. The molecule has 2 aromatic heterocycles. The summed E-state index contributed by atoms with van der Waals surface area (Å²) in [4.78, 5) is 11.7. The van der Waals surface area contributed by atoms with Gasteiger partial charge in [-0.3, -0.25) is 4.40 Å². The van der Waals surface area contributed by atoms with Crippen molar-refractivity contribution in [2.45, 2.75) is 6.61 Å². The van der Waals surface area contributed by atoms with Gasteiger partial charge in [-0.05, 0) is 36.4 Å². The first-order valence-electron chi connectivity index (χ1n) is 6.48. The lowest BCUT2D eigenvalue weighted by atomic mass is 10.3. The number of hydrogen-bond donors (Lipinski definition) is 0. The van der Waals surface area contributed by atoms with E-state index in [4.69, 9.17) is 21.1 Å². The van der Waals surface area contributed by atoms with Gasteiger partial charge in [0.25, 0.3) is 0 Å². The molecule has 3 aromatic rings. The van der Waals surface area contributed by atoms with E-state index in [0.717, 1.165) is 0 Å². The molecule has 7 heteroatoms. The highest BCUT2D eigenvalue weighted by atomic mass is 35.5. The van der Waals surface area contributed by atoms with Crippen molar-refractivity contribution in [1.82, 2.24) is 14.6 Å². The summed E-state index contributed by atoms with van der Waals surface area (Å²) in [5.74, 6) is 0.796. The highest BCUT2D eigenvalue weighted by molar-refractivity contribution is 6.30. The van der Waals surface area contributed by atoms with Gasteiger partial charge in [0.2, 0.25) is 0 Å². The minimum absolute atomic E-state index is 0.216. The largest absolute Gasteiger partial charge is 0.486 e. The smallest absolute Gasteiger partial charge is 0.341 e. The molecule has 1 aromatic carbocycles. The molecule has 0 saturated carbocycles. The molecule has 0 saturated heterocycles. The molecule has 0 spiro atoms. The summed E-state index contributed by atoms with van der Waals surface area (Å²) in [7, 11) is 1.33. The topological polar surface area (TPSA) is 65.7 Å². The molecule has 22 heavy (non-hydrogen) atoms. The minimum atomic E-state index is -0.455. The summed E-state index contributed by atoms with van der Waals surface area (Å²) in [5, 5.41) is 8.73.